The topological polar surface area (TPSA) is 87.3 Å². The van der Waals surface area contributed by atoms with Crippen LogP contribution >= 0.6 is 0 Å². The summed E-state index contributed by atoms with van der Waals surface area (Å²) in [6.45, 7) is 5.34. The molecule has 1 fully saturated rings. The molecule has 1 atom stereocenters. The van der Waals surface area contributed by atoms with Gasteiger partial charge < -0.3 is 10.6 Å². The van der Waals surface area contributed by atoms with Gasteiger partial charge in [-0.1, -0.05) is 23.8 Å². The van der Waals surface area contributed by atoms with E-state index >= 15 is 0 Å². The van der Waals surface area contributed by atoms with Crippen LogP contribution in [0.4, 0.5) is 5.69 Å². The molecule has 3 rings (SSSR count). The third kappa shape index (κ3) is 4.23. The zero-order valence-electron chi connectivity index (χ0n) is 14.9. The molecule has 0 aliphatic carbocycles. The maximum absolute atomic E-state index is 12.7. The first-order valence-corrected chi connectivity index (χ1v) is 10.1. The van der Waals surface area contributed by atoms with E-state index in [2.05, 4.69) is 15.4 Å². The Morgan fingerprint density at radius 2 is 1.85 bits per heavy atom. The van der Waals surface area contributed by atoms with E-state index in [0.29, 0.717) is 11.3 Å². The number of carbonyl (C=O) groups is 1. The van der Waals surface area contributed by atoms with Crippen LogP contribution in [0.3, 0.4) is 0 Å². The van der Waals surface area contributed by atoms with Gasteiger partial charge in [0.15, 0.2) is 0 Å². The molecular weight excluding hydrogens is 350 g/mol. The average Bonchev–Trinajstić information content (AvgIpc) is 3.10. The summed E-state index contributed by atoms with van der Waals surface area (Å²) in [7, 11) is -3.77. The fourth-order valence-electron chi connectivity index (χ4n) is 2.89. The van der Waals surface area contributed by atoms with Crippen molar-refractivity contribution in [3.63, 3.8) is 0 Å². The van der Waals surface area contributed by atoms with Gasteiger partial charge in [-0.05, 0) is 56.6 Å². The second-order valence-electron chi connectivity index (χ2n) is 6.61. The zero-order valence-corrected chi connectivity index (χ0v) is 15.7. The van der Waals surface area contributed by atoms with Crippen LogP contribution in [-0.4, -0.2) is 33.5 Å². The van der Waals surface area contributed by atoms with E-state index in [0.717, 1.165) is 30.6 Å². The Labute approximate surface area is 154 Å². The van der Waals surface area contributed by atoms with Gasteiger partial charge in [-0.25, -0.2) is 8.42 Å². The standard InChI is InChI=1S/C19H23N3O3S/c1-13-3-6-15(7-4-13)22-26(24,25)17-8-5-14(2)18(11-17)19(23)21-16-9-10-20-12-16/h3-8,11,16,20,22H,9-10,12H2,1-2H3,(H,21,23). The van der Waals surface area contributed by atoms with E-state index in [4.69, 9.17) is 0 Å². The molecule has 1 saturated heterocycles. The number of hydrogen-bond acceptors (Lipinski definition) is 4. The number of carbonyl (C=O) groups excluding carboxylic acids is 1. The van der Waals surface area contributed by atoms with Gasteiger partial charge in [-0.3, -0.25) is 9.52 Å². The summed E-state index contributed by atoms with van der Waals surface area (Å²) in [5.41, 5.74) is 2.65. The van der Waals surface area contributed by atoms with Crippen molar-refractivity contribution in [1.82, 2.24) is 10.6 Å². The highest BCUT2D eigenvalue weighted by Crippen LogP contribution is 2.20. The van der Waals surface area contributed by atoms with Crippen molar-refractivity contribution >= 4 is 21.6 Å². The molecule has 6 nitrogen and oxygen atoms in total. The molecule has 2 aromatic carbocycles. The van der Waals surface area contributed by atoms with Gasteiger partial charge in [0.25, 0.3) is 15.9 Å². The Hall–Kier alpha value is -2.38. The van der Waals surface area contributed by atoms with Gasteiger partial charge in [0.05, 0.1) is 4.90 Å². The molecule has 0 saturated carbocycles. The largest absolute Gasteiger partial charge is 0.348 e. The predicted molar refractivity (Wildman–Crippen MR) is 102 cm³/mol. The molecule has 138 valence electrons. The van der Waals surface area contributed by atoms with Crippen molar-refractivity contribution in [3.8, 4) is 0 Å². The van der Waals surface area contributed by atoms with Crippen LogP contribution in [0.5, 0.6) is 0 Å². The minimum atomic E-state index is -3.77. The van der Waals surface area contributed by atoms with Crippen molar-refractivity contribution in [3.05, 3.63) is 59.2 Å². The molecule has 3 N–H and O–H groups in total. The zero-order chi connectivity index (χ0) is 18.7. The molecule has 1 unspecified atom stereocenters. The van der Waals surface area contributed by atoms with Crippen LogP contribution in [0, 0.1) is 13.8 Å². The van der Waals surface area contributed by atoms with Crippen LogP contribution in [0.25, 0.3) is 0 Å². The summed E-state index contributed by atoms with van der Waals surface area (Å²) in [4.78, 5) is 12.6. The minimum Gasteiger partial charge on any atom is -0.348 e. The van der Waals surface area contributed by atoms with E-state index in [-0.39, 0.29) is 16.8 Å². The molecule has 1 amide bonds. The summed E-state index contributed by atoms with van der Waals surface area (Å²) in [5.74, 6) is -0.247. The summed E-state index contributed by atoms with van der Waals surface area (Å²) in [6, 6.07) is 11.8. The number of rotatable bonds is 5. The molecule has 2 aromatic rings. The third-order valence-corrected chi connectivity index (χ3v) is 5.84. The Bertz CT molecular complexity index is 902. The highest BCUT2D eigenvalue weighted by atomic mass is 32.2. The van der Waals surface area contributed by atoms with E-state index in [9.17, 15) is 13.2 Å². The highest BCUT2D eigenvalue weighted by Gasteiger charge is 2.21. The molecular formula is C19H23N3O3S. The smallest absolute Gasteiger partial charge is 0.261 e. The van der Waals surface area contributed by atoms with Gasteiger partial charge in [-0.15, -0.1) is 0 Å². The number of sulfonamides is 1. The summed E-state index contributed by atoms with van der Waals surface area (Å²) in [6.07, 6.45) is 0.873. The van der Waals surface area contributed by atoms with Crippen LogP contribution in [0.15, 0.2) is 47.4 Å². The summed E-state index contributed by atoms with van der Waals surface area (Å²) in [5, 5.41) is 6.14. The Balaban J connectivity index is 1.83. The molecule has 1 aliphatic rings. The first-order valence-electron chi connectivity index (χ1n) is 8.57. The number of nitrogens with one attached hydrogen (secondary N) is 3. The quantitative estimate of drug-likeness (QED) is 0.750. The highest BCUT2D eigenvalue weighted by molar-refractivity contribution is 7.92. The molecule has 0 aromatic heterocycles. The number of hydrogen-bond donors (Lipinski definition) is 3. The second-order valence-corrected chi connectivity index (χ2v) is 8.29. The molecule has 26 heavy (non-hydrogen) atoms. The fraction of sp³-hybridized carbons (Fsp3) is 0.316. The van der Waals surface area contributed by atoms with Crippen molar-refractivity contribution < 1.29 is 13.2 Å². The lowest BCUT2D eigenvalue weighted by molar-refractivity contribution is 0.0939. The summed E-state index contributed by atoms with van der Waals surface area (Å²) < 4.78 is 27.9. The van der Waals surface area contributed by atoms with Crippen molar-refractivity contribution in [2.24, 2.45) is 0 Å². The number of benzene rings is 2. The van der Waals surface area contributed by atoms with Gasteiger partial charge in [0, 0.05) is 23.8 Å². The first kappa shape index (κ1) is 18.4. The maximum atomic E-state index is 12.7. The molecule has 0 radical (unpaired) electrons. The number of anilines is 1. The van der Waals surface area contributed by atoms with Gasteiger partial charge in [-0.2, -0.15) is 0 Å². The molecule has 1 aliphatic heterocycles. The van der Waals surface area contributed by atoms with E-state index < -0.39 is 10.0 Å². The van der Waals surface area contributed by atoms with Crippen LogP contribution in [0.1, 0.15) is 27.9 Å². The van der Waals surface area contributed by atoms with Gasteiger partial charge >= 0.3 is 0 Å². The monoisotopic (exact) mass is 373 g/mol. The Morgan fingerprint density at radius 1 is 1.12 bits per heavy atom. The number of amides is 1. The SMILES string of the molecule is Cc1ccc(NS(=O)(=O)c2ccc(C)c(C(=O)NC3CCNC3)c2)cc1. The normalized spacial score (nSPS) is 17.1. The first-order chi connectivity index (χ1) is 12.3. The fourth-order valence-corrected chi connectivity index (χ4v) is 3.97. The van der Waals surface area contributed by atoms with Crippen molar-refractivity contribution in [1.29, 1.82) is 0 Å². The molecule has 0 spiro atoms. The average molecular weight is 373 g/mol. The Kier molecular flexibility index (Phi) is 5.29. The van der Waals surface area contributed by atoms with Gasteiger partial charge in [0.2, 0.25) is 0 Å². The molecule has 1 heterocycles. The predicted octanol–water partition coefficient (Wildman–Crippen LogP) is 2.20. The molecule has 7 heteroatoms. The molecule has 0 bridgehead atoms. The third-order valence-electron chi connectivity index (χ3n) is 4.46. The maximum Gasteiger partial charge on any atom is 0.261 e. The second kappa shape index (κ2) is 7.47. The lowest BCUT2D eigenvalue weighted by Crippen LogP contribution is -2.36. The Morgan fingerprint density at radius 3 is 2.50 bits per heavy atom. The van der Waals surface area contributed by atoms with E-state index in [1.54, 1.807) is 25.1 Å². The van der Waals surface area contributed by atoms with E-state index in [1.807, 2.05) is 19.1 Å². The van der Waals surface area contributed by atoms with E-state index in [1.165, 1.54) is 12.1 Å². The van der Waals surface area contributed by atoms with Crippen LogP contribution < -0.4 is 15.4 Å². The van der Waals surface area contributed by atoms with Crippen LogP contribution in [-0.2, 0) is 10.0 Å². The lowest BCUT2D eigenvalue weighted by Gasteiger charge is -2.14. The van der Waals surface area contributed by atoms with Gasteiger partial charge in [0.1, 0.15) is 0 Å². The lowest BCUT2D eigenvalue weighted by atomic mass is 10.1. The summed E-state index contributed by atoms with van der Waals surface area (Å²) >= 11 is 0. The van der Waals surface area contributed by atoms with Crippen molar-refractivity contribution in [2.45, 2.75) is 31.2 Å². The number of aryl methyl sites for hydroxylation is 2. The van der Waals surface area contributed by atoms with Crippen molar-refractivity contribution in [2.75, 3.05) is 17.8 Å². The minimum absolute atomic E-state index is 0.0679. The van der Waals surface area contributed by atoms with Crippen LogP contribution in [0.2, 0.25) is 0 Å².